The first-order valence-electron chi connectivity index (χ1n) is 14.5. The summed E-state index contributed by atoms with van der Waals surface area (Å²) in [5.74, 6) is 0. The van der Waals surface area contributed by atoms with Gasteiger partial charge in [0.05, 0.1) is 6.61 Å². The second kappa shape index (κ2) is 11.5. The minimum absolute atomic E-state index is 0.0163. The summed E-state index contributed by atoms with van der Waals surface area (Å²) in [7, 11) is -6.67. The van der Waals surface area contributed by atoms with E-state index in [1.807, 2.05) is 0 Å². The molecule has 1 saturated heterocycles. The number of imidazole rings is 1. The molecule has 4 atom stereocenters. The lowest BCUT2D eigenvalue weighted by Gasteiger charge is -2.44. The standard InChI is InChI=1S/C28H52Cl2N4O4Si3/c1-26(2,3)39(10,11)35-16-18-20(37-40(12,13)27(4,5)6)21(38-41(14,15)28(7,8)9)24(36-18)34-23-19(33-25(34)30)22(29)31-17-32-23/h17-18,20-21,24H,16H2,1-15H3/t18-,20-,21-,24-/m1/s1. The van der Waals surface area contributed by atoms with Crippen LogP contribution in [0.3, 0.4) is 0 Å². The summed E-state index contributed by atoms with van der Waals surface area (Å²) in [6, 6.07) is 0. The van der Waals surface area contributed by atoms with Crippen molar-refractivity contribution in [2.24, 2.45) is 0 Å². The van der Waals surface area contributed by atoms with Crippen LogP contribution in [0.5, 0.6) is 0 Å². The molecule has 0 unspecified atom stereocenters. The maximum atomic E-state index is 7.22. The molecule has 0 spiro atoms. The minimum atomic E-state index is -2.31. The van der Waals surface area contributed by atoms with E-state index in [9.17, 15) is 0 Å². The van der Waals surface area contributed by atoms with Crippen LogP contribution in [0.2, 0.25) is 64.8 Å². The Morgan fingerprint density at radius 3 is 1.76 bits per heavy atom. The third-order valence-corrected chi connectivity index (χ3v) is 23.8. The average Bonchev–Trinajstić information content (AvgIpc) is 3.27. The molecule has 1 fully saturated rings. The van der Waals surface area contributed by atoms with Crippen molar-refractivity contribution in [2.45, 2.75) is 141 Å². The van der Waals surface area contributed by atoms with Crippen molar-refractivity contribution in [3.05, 3.63) is 16.8 Å². The fourth-order valence-corrected chi connectivity index (χ4v) is 7.99. The molecule has 3 heterocycles. The SMILES string of the molecule is CC(C)(C)[Si](C)(C)OC[C@H]1O[C@@H](n2c(Cl)nc3c(Cl)ncnc32)[C@H](O[Si](C)(C)C(C)(C)C)[C@@H]1O[Si](C)(C)C(C)(C)C. The Hall–Kier alpha value is -0.379. The second-order valence-electron chi connectivity index (χ2n) is 15.9. The summed E-state index contributed by atoms with van der Waals surface area (Å²) in [5.41, 5.74) is 0.928. The van der Waals surface area contributed by atoms with E-state index in [4.69, 9.17) is 41.2 Å². The van der Waals surface area contributed by atoms with Gasteiger partial charge in [-0.15, -0.1) is 0 Å². The number of rotatable bonds is 8. The minimum Gasteiger partial charge on any atom is -0.414 e. The number of hydrogen-bond acceptors (Lipinski definition) is 7. The molecule has 2 aromatic heterocycles. The van der Waals surface area contributed by atoms with Crippen molar-refractivity contribution >= 4 is 59.3 Å². The van der Waals surface area contributed by atoms with Crippen LogP contribution in [0.1, 0.15) is 68.5 Å². The van der Waals surface area contributed by atoms with E-state index < -0.39 is 37.3 Å². The molecule has 2 aromatic rings. The molecule has 1 aliphatic rings. The topological polar surface area (TPSA) is 80.5 Å². The smallest absolute Gasteiger partial charge is 0.207 e. The summed E-state index contributed by atoms with van der Waals surface area (Å²) >= 11 is 13.2. The third-order valence-electron chi connectivity index (χ3n) is 9.82. The third kappa shape index (κ3) is 7.14. The Kier molecular flexibility index (Phi) is 9.86. The number of fused-ring (bicyclic) bond motifs is 1. The van der Waals surface area contributed by atoms with Crippen molar-refractivity contribution in [1.29, 1.82) is 0 Å². The van der Waals surface area contributed by atoms with Gasteiger partial charge in [0.15, 0.2) is 42.0 Å². The van der Waals surface area contributed by atoms with Gasteiger partial charge in [0, 0.05) is 0 Å². The van der Waals surface area contributed by atoms with Gasteiger partial charge < -0.3 is 18.0 Å². The Bertz CT molecular complexity index is 1240. The van der Waals surface area contributed by atoms with Crippen LogP contribution in [0.4, 0.5) is 0 Å². The fourth-order valence-electron chi connectivity index (χ4n) is 3.94. The molecular formula is C28H52Cl2N4O4Si3. The lowest BCUT2D eigenvalue weighted by Crippen LogP contribution is -2.54. The number of nitrogens with zero attached hydrogens (tertiary/aromatic N) is 4. The summed E-state index contributed by atoms with van der Waals surface area (Å²) in [6.45, 7) is 34.1. The maximum Gasteiger partial charge on any atom is 0.207 e. The van der Waals surface area contributed by atoms with Gasteiger partial charge >= 0.3 is 0 Å². The first-order valence-corrected chi connectivity index (χ1v) is 24.0. The molecule has 0 amide bonds. The highest BCUT2D eigenvalue weighted by Gasteiger charge is 2.55. The normalized spacial score (nSPS) is 23.5. The predicted octanol–water partition coefficient (Wildman–Crippen LogP) is 8.83. The van der Waals surface area contributed by atoms with E-state index in [1.54, 1.807) is 4.57 Å². The van der Waals surface area contributed by atoms with E-state index in [2.05, 4.69) is 117 Å². The van der Waals surface area contributed by atoms with Gasteiger partial charge in [-0.2, -0.15) is 0 Å². The van der Waals surface area contributed by atoms with Gasteiger partial charge in [-0.05, 0) is 66.0 Å². The average molecular weight is 664 g/mol. The highest BCUT2D eigenvalue weighted by Crippen LogP contribution is 2.47. The maximum absolute atomic E-state index is 7.22. The van der Waals surface area contributed by atoms with Crippen LogP contribution in [-0.4, -0.2) is 69.4 Å². The number of ether oxygens (including phenoxy) is 1. The van der Waals surface area contributed by atoms with Crippen LogP contribution in [0.25, 0.3) is 11.2 Å². The van der Waals surface area contributed by atoms with E-state index in [-0.39, 0.29) is 37.8 Å². The summed E-state index contributed by atoms with van der Waals surface area (Å²) in [6.07, 6.45) is -0.467. The van der Waals surface area contributed by atoms with Crippen molar-refractivity contribution in [3.8, 4) is 0 Å². The lowest BCUT2D eigenvalue weighted by atomic mass is 10.1. The molecule has 3 rings (SSSR count). The Morgan fingerprint density at radius 2 is 1.27 bits per heavy atom. The molecule has 0 bridgehead atoms. The molecule has 0 N–H and O–H groups in total. The number of hydrogen-bond donors (Lipinski definition) is 0. The highest BCUT2D eigenvalue weighted by atomic mass is 35.5. The van der Waals surface area contributed by atoms with E-state index in [0.717, 1.165) is 0 Å². The molecule has 13 heteroatoms. The molecule has 0 saturated carbocycles. The van der Waals surface area contributed by atoms with Crippen molar-refractivity contribution < 1.29 is 18.0 Å². The molecule has 0 radical (unpaired) electrons. The van der Waals surface area contributed by atoms with E-state index in [1.165, 1.54) is 6.33 Å². The molecular weight excluding hydrogens is 611 g/mol. The zero-order valence-corrected chi connectivity index (χ0v) is 32.3. The van der Waals surface area contributed by atoms with Crippen LogP contribution < -0.4 is 0 Å². The monoisotopic (exact) mass is 662 g/mol. The van der Waals surface area contributed by atoms with Crippen molar-refractivity contribution in [2.75, 3.05) is 6.61 Å². The van der Waals surface area contributed by atoms with Gasteiger partial charge in [-0.25, -0.2) is 15.0 Å². The predicted molar refractivity (Wildman–Crippen MR) is 177 cm³/mol. The summed E-state index contributed by atoms with van der Waals surface area (Å²) < 4.78 is 29.9. The van der Waals surface area contributed by atoms with Gasteiger partial charge in [0.25, 0.3) is 0 Å². The molecule has 8 nitrogen and oxygen atoms in total. The highest BCUT2D eigenvalue weighted by molar-refractivity contribution is 6.75. The summed E-state index contributed by atoms with van der Waals surface area (Å²) in [5, 5.41) is 0.448. The molecule has 0 aliphatic carbocycles. The van der Waals surface area contributed by atoms with Crippen LogP contribution in [0, 0.1) is 0 Å². The van der Waals surface area contributed by atoms with Gasteiger partial charge in [-0.3, -0.25) is 4.57 Å². The van der Waals surface area contributed by atoms with Gasteiger partial charge in [0.2, 0.25) is 5.28 Å². The van der Waals surface area contributed by atoms with E-state index >= 15 is 0 Å². The summed E-state index contributed by atoms with van der Waals surface area (Å²) in [4.78, 5) is 13.1. The zero-order chi connectivity index (χ0) is 31.6. The van der Waals surface area contributed by atoms with Crippen molar-refractivity contribution in [1.82, 2.24) is 19.5 Å². The first kappa shape index (κ1) is 35.1. The van der Waals surface area contributed by atoms with Crippen molar-refractivity contribution in [3.63, 3.8) is 0 Å². The fraction of sp³-hybridized carbons (Fsp3) is 0.821. The first-order chi connectivity index (χ1) is 18.3. The zero-order valence-electron chi connectivity index (χ0n) is 27.8. The number of halogens is 2. The Morgan fingerprint density at radius 1 is 0.780 bits per heavy atom. The second-order valence-corrected chi connectivity index (χ2v) is 30.9. The number of aromatic nitrogens is 4. The van der Waals surface area contributed by atoms with Crippen LogP contribution in [-0.2, 0) is 18.0 Å². The van der Waals surface area contributed by atoms with Crippen LogP contribution >= 0.6 is 23.2 Å². The largest absolute Gasteiger partial charge is 0.414 e. The quantitative estimate of drug-likeness (QED) is 0.159. The molecule has 1 aliphatic heterocycles. The molecule has 41 heavy (non-hydrogen) atoms. The lowest BCUT2D eigenvalue weighted by molar-refractivity contribution is -0.0469. The molecule has 234 valence electrons. The van der Waals surface area contributed by atoms with Crippen LogP contribution in [0.15, 0.2) is 6.33 Å². The Balaban J connectivity index is 2.20. The van der Waals surface area contributed by atoms with Gasteiger partial charge in [0.1, 0.15) is 30.2 Å². The van der Waals surface area contributed by atoms with Gasteiger partial charge in [-0.1, -0.05) is 73.9 Å². The molecule has 0 aromatic carbocycles. The van der Waals surface area contributed by atoms with E-state index in [0.29, 0.717) is 17.8 Å². The Labute approximate surface area is 260 Å².